The molecule has 0 saturated heterocycles. The van der Waals surface area contributed by atoms with Crippen molar-refractivity contribution < 1.29 is 17.9 Å². The van der Waals surface area contributed by atoms with Crippen LogP contribution in [-0.4, -0.2) is 34.1 Å². The summed E-state index contributed by atoms with van der Waals surface area (Å²) in [4.78, 5) is 12.6. The van der Waals surface area contributed by atoms with E-state index >= 15 is 0 Å². The summed E-state index contributed by atoms with van der Waals surface area (Å²) in [5, 5.41) is 4.95. The largest absolute Gasteiger partial charge is 0.383 e. The number of rotatable bonds is 8. The van der Waals surface area contributed by atoms with Gasteiger partial charge in [0, 0.05) is 18.8 Å². The van der Waals surface area contributed by atoms with Crippen LogP contribution in [0.25, 0.3) is 10.8 Å². The van der Waals surface area contributed by atoms with Gasteiger partial charge in [-0.05, 0) is 47.5 Å². The van der Waals surface area contributed by atoms with E-state index < -0.39 is 10.0 Å². The van der Waals surface area contributed by atoms with Crippen LogP contribution in [-0.2, 0) is 26.0 Å². The Hall–Kier alpha value is -2.74. The number of hydrogen-bond donors (Lipinski definition) is 2. The SMILES string of the molecule is COC[C@H](C)NS(=O)(=O)c1ccc(NC(=O)Cc2cccc3ccccc23)cc1. The fraction of sp³-hybridized carbons (Fsp3) is 0.227. The Kier molecular flexibility index (Phi) is 6.64. The second-order valence-electron chi connectivity index (χ2n) is 6.87. The first kappa shape index (κ1) is 21.0. The molecule has 0 spiro atoms. The van der Waals surface area contributed by atoms with Gasteiger partial charge in [-0.1, -0.05) is 42.5 Å². The third-order valence-corrected chi connectivity index (χ3v) is 6.06. The van der Waals surface area contributed by atoms with Crippen molar-refractivity contribution in [2.24, 2.45) is 0 Å². The number of methoxy groups -OCH3 is 1. The highest BCUT2D eigenvalue weighted by atomic mass is 32.2. The zero-order chi connectivity index (χ0) is 20.9. The van der Waals surface area contributed by atoms with Crippen molar-refractivity contribution in [3.63, 3.8) is 0 Å². The summed E-state index contributed by atoms with van der Waals surface area (Å²) in [5.41, 5.74) is 1.48. The molecule has 0 unspecified atom stereocenters. The normalized spacial score (nSPS) is 12.6. The van der Waals surface area contributed by atoms with E-state index in [-0.39, 0.29) is 29.9 Å². The van der Waals surface area contributed by atoms with Gasteiger partial charge in [0.25, 0.3) is 0 Å². The van der Waals surface area contributed by atoms with Crippen molar-refractivity contribution in [2.75, 3.05) is 19.0 Å². The van der Waals surface area contributed by atoms with Crippen molar-refractivity contribution in [2.45, 2.75) is 24.3 Å². The molecule has 0 radical (unpaired) electrons. The standard InChI is InChI=1S/C22H24N2O4S/c1-16(15-28-2)24-29(26,27)20-12-10-19(11-13-20)23-22(25)14-18-8-5-7-17-6-3-4-9-21(17)18/h3-13,16,24H,14-15H2,1-2H3,(H,23,25)/t16-/m0/s1. The van der Waals surface area contributed by atoms with E-state index in [4.69, 9.17) is 4.74 Å². The van der Waals surface area contributed by atoms with Gasteiger partial charge < -0.3 is 10.1 Å². The number of amides is 1. The molecule has 7 heteroatoms. The number of anilines is 1. The van der Waals surface area contributed by atoms with E-state index in [0.717, 1.165) is 16.3 Å². The maximum absolute atomic E-state index is 12.5. The number of hydrogen-bond acceptors (Lipinski definition) is 4. The third-order valence-electron chi connectivity index (χ3n) is 4.45. The van der Waals surface area contributed by atoms with Gasteiger partial charge in [0.1, 0.15) is 0 Å². The molecule has 6 nitrogen and oxygen atoms in total. The molecule has 29 heavy (non-hydrogen) atoms. The van der Waals surface area contributed by atoms with Gasteiger partial charge in [-0.15, -0.1) is 0 Å². The highest BCUT2D eigenvalue weighted by Gasteiger charge is 2.17. The molecule has 3 aromatic carbocycles. The lowest BCUT2D eigenvalue weighted by Gasteiger charge is -2.13. The molecule has 1 amide bonds. The lowest BCUT2D eigenvalue weighted by molar-refractivity contribution is -0.115. The number of sulfonamides is 1. The van der Waals surface area contributed by atoms with Gasteiger partial charge in [0.2, 0.25) is 15.9 Å². The molecule has 0 aliphatic heterocycles. The molecule has 0 fully saturated rings. The third kappa shape index (κ3) is 5.41. The first-order valence-corrected chi connectivity index (χ1v) is 10.7. The van der Waals surface area contributed by atoms with Crippen LogP contribution in [0, 0.1) is 0 Å². The quantitative estimate of drug-likeness (QED) is 0.594. The molecular weight excluding hydrogens is 388 g/mol. The Morgan fingerprint density at radius 1 is 1.00 bits per heavy atom. The maximum atomic E-state index is 12.5. The molecule has 3 rings (SSSR count). The van der Waals surface area contributed by atoms with Crippen LogP contribution in [0.1, 0.15) is 12.5 Å². The minimum atomic E-state index is -3.64. The minimum absolute atomic E-state index is 0.132. The van der Waals surface area contributed by atoms with E-state index in [0.29, 0.717) is 5.69 Å². The Labute approximate surface area is 170 Å². The molecule has 0 heterocycles. The summed E-state index contributed by atoms with van der Waals surface area (Å²) >= 11 is 0. The van der Waals surface area contributed by atoms with Gasteiger partial charge in [0.15, 0.2) is 0 Å². The Bertz CT molecular complexity index is 1090. The summed E-state index contributed by atoms with van der Waals surface area (Å²) in [6.45, 7) is 2.00. The van der Waals surface area contributed by atoms with Crippen LogP contribution in [0.15, 0.2) is 71.6 Å². The van der Waals surface area contributed by atoms with E-state index in [1.165, 1.54) is 19.2 Å². The minimum Gasteiger partial charge on any atom is -0.383 e. The number of carbonyl (C=O) groups excluding carboxylic acids is 1. The average molecular weight is 413 g/mol. The molecule has 3 aromatic rings. The molecular formula is C22H24N2O4S. The average Bonchev–Trinajstić information content (AvgIpc) is 2.68. The molecule has 0 aliphatic carbocycles. The second-order valence-corrected chi connectivity index (χ2v) is 8.58. The van der Waals surface area contributed by atoms with Crippen molar-refractivity contribution in [3.05, 3.63) is 72.3 Å². The van der Waals surface area contributed by atoms with Crippen LogP contribution >= 0.6 is 0 Å². The topological polar surface area (TPSA) is 84.5 Å². The van der Waals surface area contributed by atoms with Gasteiger partial charge >= 0.3 is 0 Å². The van der Waals surface area contributed by atoms with Crippen LogP contribution in [0.5, 0.6) is 0 Å². The monoisotopic (exact) mass is 412 g/mol. The van der Waals surface area contributed by atoms with Crippen LogP contribution < -0.4 is 10.0 Å². The van der Waals surface area contributed by atoms with Crippen molar-refractivity contribution in [1.82, 2.24) is 4.72 Å². The van der Waals surface area contributed by atoms with E-state index in [1.807, 2.05) is 42.5 Å². The van der Waals surface area contributed by atoms with E-state index in [9.17, 15) is 13.2 Å². The zero-order valence-corrected chi connectivity index (χ0v) is 17.2. The number of nitrogens with one attached hydrogen (secondary N) is 2. The van der Waals surface area contributed by atoms with E-state index in [2.05, 4.69) is 10.0 Å². The lowest BCUT2D eigenvalue weighted by Crippen LogP contribution is -2.35. The van der Waals surface area contributed by atoms with Gasteiger partial charge in [-0.25, -0.2) is 13.1 Å². The summed E-state index contributed by atoms with van der Waals surface area (Å²) < 4.78 is 32.2. The van der Waals surface area contributed by atoms with Crippen LogP contribution in [0.2, 0.25) is 0 Å². The summed E-state index contributed by atoms with van der Waals surface area (Å²) in [6.07, 6.45) is 0.234. The smallest absolute Gasteiger partial charge is 0.240 e. The molecule has 0 saturated carbocycles. The molecule has 0 aromatic heterocycles. The zero-order valence-electron chi connectivity index (χ0n) is 16.4. The summed E-state index contributed by atoms with van der Waals surface area (Å²) in [7, 11) is -2.13. The van der Waals surface area contributed by atoms with Crippen LogP contribution in [0.3, 0.4) is 0 Å². The van der Waals surface area contributed by atoms with Gasteiger partial charge in [-0.2, -0.15) is 0 Å². The summed E-state index contributed by atoms with van der Waals surface area (Å²) in [5.74, 6) is -0.163. The molecule has 2 N–H and O–H groups in total. The molecule has 0 bridgehead atoms. The molecule has 152 valence electrons. The first-order valence-electron chi connectivity index (χ1n) is 9.27. The number of carbonyl (C=O) groups is 1. The fourth-order valence-corrected chi connectivity index (χ4v) is 4.39. The first-order chi connectivity index (χ1) is 13.9. The second kappa shape index (κ2) is 9.17. The Balaban J connectivity index is 1.67. The number of benzene rings is 3. The Morgan fingerprint density at radius 3 is 2.41 bits per heavy atom. The van der Waals surface area contributed by atoms with E-state index in [1.54, 1.807) is 19.1 Å². The van der Waals surface area contributed by atoms with Crippen molar-refractivity contribution in [3.8, 4) is 0 Å². The predicted octanol–water partition coefficient (Wildman–Crippen LogP) is 3.33. The molecule has 0 aliphatic rings. The predicted molar refractivity (Wildman–Crippen MR) is 114 cm³/mol. The van der Waals surface area contributed by atoms with Gasteiger partial charge in [-0.3, -0.25) is 4.79 Å². The fourth-order valence-electron chi connectivity index (χ4n) is 3.16. The van der Waals surface area contributed by atoms with Gasteiger partial charge in [0.05, 0.1) is 17.9 Å². The molecule has 1 atom stereocenters. The Morgan fingerprint density at radius 2 is 1.69 bits per heavy atom. The maximum Gasteiger partial charge on any atom is 0.240 e. The van der Waals surface area contributed by atoms with Crippen molar-refractivity contribution >= 4 is 32.4 Å². The van der Waals surface area contributed by atoms with Crippen molar-refractivity contribution in [1.29, 1.82) is 0 Å². The summed E-state index contributed by atoms with van der Waals surface area (Å²) in [6, 6.07) is 19.6. The highest BCUT2D eigenvalue weighted by molar-refractivity contribution is 7.89. The number of fused-ring (bicyclic) bond motifs is 1. The van der Waals surface area contributed by atoms with Crippen LogP contribution in [0.4, 0.5) is 5.69 Å². The lowest BCUT2D eigenvalue weighted by atomic mass is 10.0. The highest BCUT2D eigenvalue weighted by Crippen LogP contribution is 2.20. The number of ether oxygens (including phenoxy) is 1.